The fourth-order valence-electron chi connectivity index (χ4n) is 5.25. The molecular formula is C26H36N2. The van der Waals surface area contributed by atoms with Crippen molar-refractivity contribution in [3.63, 3.8) is 0 Å². The number of hydrogen-bond donors (Lipinski definition) is 1. The van der Waals surface area contributed by atoms with E-state index < -0.39 is 0 Å². The molecule has 0 amide bonds. The summed E-state index contributed by atoms with van der Waals surface area (Å²) in [5, 5.41) is 3.49. The molecule has 0 bridgehead atoms. The number of likely N-dealkylation sites (tertiary alicyclic amines) is 1. The van der Waals surface area contributed by atoms with E-state index in [4.69, 9.17) is 0 Å². The van der Waals surface area contributed by atoms with Gasteiger partial charge in [-0.05, 0) is 74.8 Å². The van der Waals surface area contributed by atoms with Crippen LogP contribution in [0.2, 0.25) is 0 Å². The number of piperidine rings is 2. The van der Waals surface area contributed by atoms with E-state index in [1.807, 2.05) is 0 Å². The highest BCUT2D eigenvalue weighted by Crippen LogP contribution is 2.34. The van der Waals surface area contributed by atoms with Gasteiger partial charge in [0.2, 0.25) is 0 Å². The highest BCUT2D eigenvalue weighted by Gasteiger charge is 2.27. The van der Waals surface area contributed by atoms with Crippen LogP contribution in [0.5, 0.6) is 0 Å². The molecule has 1 N–H and O–H groups in total. The molecule has 2 fully saturated rings. The lowest BCUT2D eigenvalue weighted by atomic mass is 9.86. The molecular weight excluding hydrogens is 340 g/mol. The molecule has 28 heavy (non-hydrogen) atoms. The first-order chi connectivity index (χ1) is 13.9. The van der Waals surface area contributed by atoms with Crippen LogP contribution in [0.15, 0.2) is 60.7 Å². The molecule has 0 aromatic heterocycles. The van der Waals surface area contributed by atoms with E-state index in [-0.39, 0.29) is 0 Å². The normalized spacial score (nSPS) is 19.9. The molecule has 2 nitrogen and oxygen atoms in total. The molecule has 0 spiro atoms. The minimum Gasteiger partial charge on any atom is -0.317 e. The molecule has 2 heteroatoms. The molecule has 0 radical (unpaired) electrons. The molecule has 0 saturated carbocycles. The Balaban J connectivity index is 1.31. The average molecular weight is 377 g/mol. The van der Waals surface area contributed by atoms with Gasteiger partial charge in [-0.3, -0.25) is 4.90 Å². The number of nitrogens with one attached hydrogen (secondary N) is 1. The average Bonchev–Trinajstić information content (AvgIpc) is 2.77. The summed E-state index contributed by atoms with van der Waals surface area (Å²) in [7, 11) is 0. The highest BCUT2D eigenvalue weighted by atomic mass is 15.2. The topological polar surface area (TPSA) is 15.3 Å². The predicted molar refractivity (Wildman–Crippen MR) is 118 cm³/mol. The summed E-state index contributed by atoms with van der Waals surface area (Å²) >= 11 is 0. The van der Waals surface area contributed by atoms with Crippen molar-refractivity contribution in [3.05, 3.63) is 71.8 Å². The third-order valence-electron chi connectivity index (χ3n) is 6.93. The first-order valence-corrected chi connectivity index (χ1v) is 11.4. The number of rotatable bonds is 7. The van der Waals surface area contributed by atoms with Crippen LogP contribution in [0.3, 0.4) is 0 Å². The largest absolute Gasteiger partial charge is 0.317 e. The Labute approximate surface area is 171 Å². The first-order valence-electron chi connectivity index (χ1n) is 11.4. The van der Waals surface area contributed by atoms with Gasteiger partial charge in [-0.15, -0.1) is 0 Å². The molecule has 0 aliphatic carbocycles. The molecule has 4 rings (SSSR count). The predicted octanol–water partition coefficient (Wildman–Crippen LogP) is 5.66. The van der Waals surface area contributed by atoms with E-state index in [0.717, 1.165) is 11.8 Å². The van der Waals surface area contributed by atoms with Crippen molar-refractivity contribution in [3.8, 4) is 0 Å². The molecule has 2 aromatic rings. The number of benzene rings is 2. The summed E-state index contributed by atoms with van der Waals surface area (Å²) in [5.41, 5.74) is 2.86. The van der Waals surface area contributed by atoms with E-state index in [9.17, 15) is 0 Å². The van der Waals surface area contributed by atoms with Crippen molar-refractivity contribution in [1.29, 1.82) is 0 Å². The zero-order valence-corrected chi connectivity index (χ0v) is 17.2. The second-order valence-corrected chi connectivity index (χ2v) is 8.83. The van der Waals surface area contributed by atoms with Gasteiger partial charge in [0.25, 0.3) is 0 Å². The minimum atomic E-state index is 0.401. The first kappa shape index (κ1) is 19.7. The fourth-order valence-corrected chi connectivity index (χ4v) is 5.25. The second kappa shape index (κ2) is 10.2. The Morgan fingerprint density at radius 2 is 1.21 bits per heavy atom. The van der Waals surface area contributed by atoms with Gasteiger partial charge in [0.05, 0.1) is 6.04 Å². The smallest absolute Gasteiger partial charge is 0.0601 e. The van der Waals surface area contributed by atoms with Gasteiger partial charge < -0.3 is 5.32 Å². The van der Waals surface area contributed by atoms with Crippen LogP contribution in [0.1, 0.15) is 62.1 Å². The zero-order chi connectivity index (χ0) is 19.0. The van der Waals surface area contributed by atoms with Crippen LogP contribution in [-0.4, -0.2) is 31.1 Å². The lowest BCUT2D eigenvalue weighted by Crippen LogP contribution is -2.37. The Morgan fingerprint density at radius 1 is 0.714 bits per heavy atom. The Kier molecular flexibility index (Phi) is 7.18. The molecule has 150 valence electrons. The molecule has 0 unspecified atom stereocenters. The summed E-state index contributed by atoms with van der Waals surface area (Å²) in [6, 6.07) is 22.5. The maximum atomic E-state index is 3.49. The molecule has 2 aliphatic rings. The van der Waals surface area contributed by atoms with Gasteiger partial charge >= 0.3 is 0 Å². The van der Waals surface area contributed by atoms with Crippen LogP contribution >= 0.6 is 0 Å². The van der Waals surface area contributed by atoms with E-state index in [2.05, 4.69) is 70.9 Å². The van der Waals surface area contributed by atoms with E-state index in [1.54, 1.807) is 0 Å². The number of nitrogens with zero attached hydrogens (tertiary/aromatic N) is 1. The minimum absolute atomic E-state index is 0.401. The third-order valence-corrected chi connectivity index (χ3v) is 6.93. The van der Waals surface area contributed by atoms with Gasteiger partial charge in [-0.25, -0.2) is 0 Å². The quantitative estimate of drug-likeness (QED) is 0.671. The van der Waals surface area contributed by atoms with Crippen LogP contribution in [0.4, 0.5) is 0 Å². The van der Waals surface area contributed by atoms with E-state index in [1.165, 1.54) is 82.3 Å². The number of hydrogen-bond acceptors (Lipinski definition) is 2. The third kappa shape index (κ3) is 5.24. The van der Waals surface area contributed by atoms with Crippen molar-refractivity contribution < 1.29 is 0 Å². The van der Waals surface area contributed by atoms with Crippen LogP contribution in [0, 0.1) is 11.8 Å². The van der Waals surface area contributed by atoms with Crippen molar-refractivity contribution in [2.75, 3.05) is 26.2 Å². The van der Waals surface area contributed by atoms with Crippen molar-refractivity contribution in [2.45, 2.75) is 51.0 Å². The summed E-state index contributed by atoms with van der Waals surface area (Å²) in [6.45, 7) is 4.94. The summed E-state index contributed by atoms with van der Waals surface area (Å²) < 4.78 is 0. The molecule has 2 saturated heterocycles. The van der Waals surface area contributed by atoms with Gasteiger partial charge in [0, 0.05) is 0 Å². The fraction of sp³-hybridized carbons (Fsp3) is 0.538. The van der Waals surface area contributed by atoms with E-state index >= 15 is 0 Å². The second-order valence-electron chi connectivity index (χ2n) is 8.83. The monoisotopic (exact) mass is 376 g/mol. The molecule has 2 aliphatic heterocycles. The lowest BCUT2D eigenvalue weighted by molar-refractivity contribution is 0.144. The van der Waals surface area contributed by atoms with Crippen molar-refractivity contribution in [2.24, 2.45) is 11.8 Å². The van der Waals surface area contributed by atoms with Gasteiger partial charge in [0.15, 0.2) is 0 Å². The zero-order valence-electron chi connectivity index (χ0n) is 17.2. The van der Waals surface area contributed by atoms with Crippen molar-refractivity contribution >= 4 is 0 Å². The van der Waals surface area contributed by atoms with Crippen LogP contribution in [0.25, 0.3) is 0 Å². The Bertz CT molecular complexity index is 631. The molecule has 0 atom stereocenters. The van der Waals surface area contributed by atoms with Crippen LogP contribution in [-0.2, 0) is 0 Å². The standard InChI is InChI=1S/C26H36N2/c1-3-10-24(11-4-1)26(25-12-5-2-6-13-25)28-20-16-23(17-21-28)9-7-8-22-14-18-27-19-15-22/h1-6,10-13,22-23,26-27H,7-9,14-21H2. The maximum absolute atomic E-state index is 3.49. The lowest BCUT2D eigenvalue weighted by Gasteiger charge is -2.38. The summed E-state index contributed by atoms with van der Waals surface area (Å²) in [4.78, 5) is 2.72. The molecule has 2 aromatic carbocycles. The van der Waals surface area contributed by atoms with Gasteiger partial charge in [0.1, 0.15) is 0 Å². The summed E-state index contributed by atoms with van der Waals surface area (Å²) in [6.07, 6.45) is 9.86. The SMILES string of the molecule is c1ccc(C(c2ccccc2)N2CCC(CCCC3CCNCC3)CC2)cc1. The highest BCUT2D eigenvalue weighted by molar-refractivity contribution is 5.31. The molecule has 2 heterocycles. The summed E-state index contributed by atoms with van der Waals surface area (Å²) in [5.74, 6) is 1.92. The van der Waals surface area contributed by atoms with Crippen molar-refractivity contribution in [1.82, 2.24) is 10.2 Å². The Hall–Kier alpha value is -1.64. The van der Waals surface area contributed by atoms with Gasteiger partial charge in [-0.2, -0.15) is 0 Å². The van der Waals surface area contributed by atoms with E-state index in [0.29, 0.717) is 6.04 Å². The van der Waals surface area contributed by atoms with Crippen LogP contribution < -0.4 is 5.32 Å². The maximum Gasteiger partial charge on any atom is 0.0601 e. The Morgan fingerprint density at radius 3 is 1.75 bits per heavy atom. The van der Waals surface area contributed by atoms with Gasteiger partial charge in [-0.1, -0.05) is 79.9 Å².